The third-order valence-corrected chi connectivity index (χ3v) is 4.20. The first-order valence-electron chi connectivity index (χ1n) is 8.58. The van der Waals surface area contributed by atoms with Crippen molar-refractivity contribution in [2.75, 3.05) is 0 Å². The number of rotatable bonds is 5. The van der Waals surface area contributed by atoms with E-state index >= 15 is 0 Å². The van der Waals surface area contributed by atoms with E-state index in [4.69, 9.17) is 0 Å². The SMILES string of the molecule is Cc1cccnc1C(C)NC(=O)NCc1cn(C)nc1-c1ccccc1. The predicted octanol–water partition coefficient (Wildman–Crippen LogP) is 3.35. The quantitative estimate of drug-likeness (QED) is 0.742. The van der Waals surface area contributed by atoms with E-state index in [2.05, 4.69) is 20.7 Å². The summed E-state index contributed by atoms with van der Waals surface area (Å²) in [7, 11) is 1.88. The molecule has 2 N–H and O–H groups in total. The molecule has 0 aliphatic rings. The highest BCUT2D eigenvalue weighted by Gasteiger charge is 2.14. The fourth-order valence-electron chi connectivity index (χ4n) is 2.95. The Morgan fingerprint density at radius 2 is 1.96 bits per heavy atom. The number of amides is 2. The Kier molecular flexibility index (Phi) is 5.31. The topological polar surface area (TPSA) is 71.8 Å². The first-order chi connectivity index (χ1) is 12.5. The van der Waals surface area contributed by atoms with E-state index in [0.717, 1.165) is 28.1 Å². The van der Waals surface area contributed by atoms with Crippen LogP contribution in [0.15, 0.2) is 54.9 Å². The summed E-state index contributed by atoms with van der Waals surface area (Å²) in [5, 5.41) is 10.4. The molecule has 0 bridgehead atoms. The molecule has 0 saturated heterocycles. The Bertz CT molecular complexity index is 888. The number of hydrogen-bond acceptors (Lipinski definition) is 3. The summed E-state index contributed by atoms with van der Waals surface area (Å²) in [5.41, 5.74) is 4.80. The largest absolute Gasteiger partial charge is 0.334 e. The molecular weight excluding hydrogens is 326 g/mol. The average molecular weight is 349 g/mol. The molecule has 0 fully saturated rings. The molecule has 2 amide bonds. The van der Waals surface area contributed by atoms with Gasteiger partial charge >= 0.3 is 6.03 Å². The molecular formula is C20H23N5O. The van der Waals surface area contributed by atoms with Crippen LogP contribution in [-0.4, -0.2) is 20.8 Å². The Labute approximate surface area is 153 Å². The number of nitrogens with zero attached hydrogens (tertiary/aromatic N) is 3. The molecule has 6 nitrogen and oxygen atoms in total. The van der Waals surface area contributed by atoms with Crippen LogP contribution >= 0.6 is 0 Å². The number of carbonyl (C=O) groups excluding carboxylic acids is 1. The van der Waals surface area contributed by atoms with Gasteiger partial charge in [-0.25, -0.2) is 4.79 Å². The van der Waals surface area contributed by atoms with E-state index in [-0.39, 0.29) is 12.1 Å². The third kappa shape index (κ3) is 4.08. The second kappa shape index (κ2) is 7.82. The van der Waals surface area contributed by atoms with E-state index < -0.39 is 0 Å². The molecule has 0 saturated carbocycles. The summed E-state index contributed by atoms with van der Waals surface area (Å²) in [6.07, 6.45) is 3.66. The van der Waals surface area contributed by atoms with Gasteiger partial charge < -0.3 is 10.6 Å². The summed E-state index contributed by atoms with van der Waals surface area (Å²) in [5.74, 6) is 0. The van der Waals surface area contributed by atoms with Gasteiger partial charge in [-0.3, -0.25) is 9.67 Å². The number of aromatic nitrogens is 3. The van der Waals surface area contributed by atoms with Crippen molar-refractivity contribution in [1.29, 1.82) is 0 Å². The maximum Gasteiger partial charge on any atom is 0.315 e. The van der Waals surface area contributed by atoms with Crippen LogP contribution in [0.2, 0.25) is 0 Å². The van der Waals surface area contributed by atoms with E-state index in [1.807, 2.05) is 69.6 Å². The van der Waals surface area contributed by atoms with Gasteiger partial charge in [0.15, 0.2) is 0 Å². The Hall–Kier alpha value is -3.15. The number of pyridine rings is 1. The van der Waals surface area contributed by atoms with Gasteiger partial charge in [-0.1, -0.05) is 36.4 Å². The monoisotopic (exact) mass is 349 g/mol. The normalized spacial score (nSPS) is 11.8. The lowest BCUT2D eigenvalue weighted by Crippen LogP contribution is -2.37. The predicted molar refractivity (Wildman–Crippen MR) is 101 cm³/mol. The molecule has 2 heterocycles. The lowest BCUT2D eigenvalue weighted by molar-refractivity contribution is 0.237. The van der Waals surface area contributed by atoms with Gasteiger partial charge in [0.05, 0.1) is 17.4 Å². The molecule has 1 unspecified atom stereocenters. The second-order valence-electron chi connectivity index (χ2n) is 6.30. The van der Waals surface area contributed by atoms with Gasteiger partial charge in [-0.05, 0) is 25.5 Å². The number of benzene rings is 1. The summed E-state index contributed by atoms with van der Waals surface area (Å²) in [4.78, 5) is 16.6. The van der Waals surface area contributed by atoms with Crippen molar-refractivity contribution in [2.24, 2.45) is 7.05 Å². The van der Waals surface area contributed by atoms with E-state index in [9.17, 15) is 4.79 Å². The average Bonchev–Trinajstić information content (AvgIpc) is 3.02. The smallest absolute Gasteiger partial charge is 0.315 e. The minimum Gasteiger partial charge on any atom is -0.334 e. The minimum absolute atomic E-state index is 0.168. The highest BCUT2D eigenvalue weighted by Crippen LogP contribution is 2.21. The maximum atomic E-state index is 12.3. The first-order valence-corrected chi connectivity index (χ1v) is 8.58. The maximum absolute atomic E-state index is 12.3. The Morgan fingerprint density at radius 1 is 1.19 bits per heavy atom. The standard InChI is InChI=1S/C20H23N5O/c1-14-8-7-11-21-18(14)15(2)23-20(26)22-12-17-13-25(3)24-19(17)16-9-5-4-6-10-16/h4-11,13,15H,12H2,1-3H3,(H2,22,23,26). The van der Waals surface area contributed by atoms with Crippen LogP contribution in [0.3, 0.4) is 0 Å². The number of carbonyl (C=O) groups is 1. The van der Waals surface area contributed by atoms with E-state index in [1.165, 1.54) is 0 Å². The van der Waals surface area contributed by atoms with Crippen LogP contribution in [0.5, 0.6) is 0 Å². The van der Waals surface area contributed by atoms with Gasteiger partial charge in [0, 0.05) is 37.1 Å². The molecule has 26 heavy (non-hydrogen) atoms. The molecule has 3 rings (SSSR count). The van der Waals surface area contributed by atoms with Crippen LogP contribution in [0, 0.1) is 6.92 Å². The molecule has 0 radical (unpaired) electrons. The van der Waals surface area contributed by atoms with Crippen molar-refractivity contribution < 1.29 is 4.79 Å². The van der Waals surface area contributed by atoms with Crippen molar-refractivity contribution in [2.45, 2.75) is 26.4 Å². The zero-order chi connectivity index (χ0) is 18.5. The van der Waals surface area contributed by atoms with E-state index in [1.54, 1.807) is 10.9 Å². The molecule has 0 aliphatic heterocycles. The molecule has 2 aromatic heterocycles. The zero-order valence-corrected chi connectivity index (χ0v) is 15.2. The van der Waals surface area contributed by atoms with Crippen LogP contribution < -0.4 is 10.6 Å². The van der Waals surface area contributed by atoms with Crippen molar-refractivity contribution in [1.82, 2.24) is 25.4 Å². The Balaban J connectivity index is 1.64. The van der Waals surface area contributed by atoms with Gasteiger partial charge in [0.1, 0.15) is 0 Å². The van der Waals surface area contributed by atoms with Gasteiger partial charge in [-0.2, -0.15) is 5.10 Å². The zero-order valence-electron chi connectivity index (χ0n) is 15.2. The molecule has 3 aromatic rings. The lowest BCUT2D eigenvalue weighted by Gasteiger charge is -2.16. The van der Waals surface area contributed by atoms with Crippen molar-refractivity contribution in [3.8, 4) is 11.3 Å². The van der Waals surface area contributed by atoms with Gasteiger partial charge in [-0.15, -0.1) is 0 Å². The lowest BCUT2D eigenvalue weighted by atomic mass is 10.1. The number of aryl methyl sites for hydroxylation is 2. The van der Waals surface area contributed by atoms with Gasteiger partial charge in [0.25, 0.3) is 0 Å². The second-order valence-corrected chi connectivity index (χ2v) is 6.30. The minimum atomic E-state index is -0.231. The van der Waals surface area contributed by atoms with Crippen LogP contribution in [0.1, 0.15) is 29.8 Å². The molecule has 0 spiro atoms. The van der Waals surface area contributed by atoms with Gasteiger partial charge in [0.2, 0.25) is 0 Å². The molecule has 6 heteroatoms. The first kappa shape index (κ1) is 17.7. The Morgan fingerprint density at radius 3 is 2.69 bits per heavy atom. The molecule has 1 atom stereocenters. The summed E-state index contributed by atoms with van der Waals surface area (Å²) >= 11 is 0. The fourth-order valence-corrected chi connectivity index (χ4v) is 2.95. The van der Waals surface area contributed by atoms with E-state index in [0.29, 0.717) is 6.54 Å². The summed E-state index contributed by atoms with van der Waals surface area (Å²) in [6, 6.07) is 13.4. The highest BCUT2D eigenvalue weighted by atomic mass is 16.2. The third-order valence-electron chi connectivity index (χ3n) is 4.20. The van der Waals surface area contributed by atoms with Crippen molar-refractivity contribution in [3.63, 3.8) is 0 Å². The fraction of sp³-hybridized carbons (Fsp3) is 0.250. The number of nitrogens with one attached hydrogen (secondary N) is 2. The summed E-state index contributed by atoms with van der Waals surface area (Å²) in [6.45, 7) is 4.31. The molecule has 0 aliphatic carbocycles. The molecule has 134 valence electrons. The number of hydrogen-bond donors (Lipinski definition) is 2. The van der Waals surface area contributed by atoms with Crippen molar-refractivity contribution >= 4 is 6.03 Å². The number of urea groups is 1. The van der Waals surface area contributed by atoms with Crippen LogP contribution in [0.25, 0.3) is 11.3 Å². The van der Waals surface area contributed by atoms with Crippen LogP contribution in [0.4, 0.5) is 4.79 Å². The van der Waals surface area contributed by atoms with Crippen molar-refractivity contribution in [3.05, 3.63) is 71.7 Å². The summed E-state index contributed by atoms with van der Waals surface area (Å²) < 4.78 is 1.76. The highest BCUT2D eigenvalue weighted by molar-refractivity contribution is 5.75. The molecule has 1 aromatic carbocycles. The van der Waals surface area contributed by atoms with Crippen LogP contribution in [-0.2, 0) is 13.6 Å².